The van der Waals surface area contributed by atoms with Gasteiger partial charge in [0.25, 0.3) is 0 Å². The van der Waals surface area contributed by atoms with Gasteiger partial charge in [0.05, 0.1) is 12.2 Å². The van der Waals surface area contributed by atoms with Crippen molar-refractivity contribution in [1.82, 2.24) is 10.3 Å². The van der Waals surface area contributed by atoms with Crippen LogP contribution in [0, 0.1) is 5.92 Å². The third-order valence-corrected chi connectivity index (χ3v) is 4.98. The van der Waals surface area contributed by atoms with Gasteiger partial charge in [-0.1, -0.05) is 6.07 Å². The minimum Gasteiger partial charge on any atom is -0.378 e. The predicted octanol–water partition coefficient (Wildman–Crippen LogP) is 2.19. The number of nitrogens with zero attached hydrogens (tertiary/aromatic N) is 1. The van der Waals surface area contributed by atoms with E-state index >= 15 is 0 Å². The fraction of sp³-hybridized carbons (Fsp3) is 0.706. The van der Waals surface area contributed by atoms with Crippen molar-refractivity contribution in [3.05, 3.63) is 30.1 Å². The number of hydrogen-bond donors (Lipinski definition) is 1. The summed E-state index contributed by atoms with van der Waals surface area (Å²) >= 11 is 0. The second kappa shape index (κ2) is 6.86. The standard InChI is InChI=1S/C17H26N2O2/c1-18-16(6-5-15-4-2-3-9-19-15)14-7-10-21-17(12-14)8-11-20-13-17/h2-4,9,14,16,18H,5-8,10-13H2,1H3. The lowest BCUT2D eigenvalue weighted by molar-refractivity contribution is -0.103. The lowest BCUT2D eigenvalue weighted by Crippen LogP contribution is -2.46. The van der Waals surface area contributed by atoms with Crippen molar-refractivity contribution in [2.24, 2.45) is 5.92 Å². The van der Waals surface area contributed by atoms with Crippen LogP contribution < -0.4 is 5.32 Å². The fourth-order valence-corrected chi connectivity index (χ4v) is 3.74. The molecule has 1 aromatic heterocycles. The van der Waals surface area contributed by atoms with E-state index in [1.807, 2.05) is 12.3 Å². The van der Waals surface area contributed by atoms with Gasteiger partial charge >= 0.3 is 0 Å². The lowest BCUT2D eigenvalue weighted by Gasteiger charge is -2.40. The Morgan fingerprint density at radius 1 is 1.43 bits per heavy atom. The van der Waals surface area contributed by atoms with Crippen LogP contribution in [0.4, 0.5) is 0 Å². The topological polar surface area (TPSA) is 43.4 Å². The number of rotatable bonds is 5. The van der Waals surface area contributed by atoms with Gasteiger partial charge in [0.2, 0.25) is 0 Å². The molecule has 2 aliphatic rings. The highest BCUT2D eigenvalue weighted by atomic mass is 16.6. The number of aromatic nitrogens is 1. The molecule has 1 spiro atoms. The SMILES string of the molecule is CNC(CCc1ccccn1)C1CCOC2(CCOC2)C1. The first-order valence-corrected chi connectivity index (χ1v) is 8.10. The van der Waals surface area contributed by atoms with Crippen molar-refractivity contribution in [2.45, 2.75) is 43.7 Å². The molecule has 21 heavy (non-hydrogen) atoms. The Hall–Kier alpha value is -0.970. The molecule has 4 nitrogen and oxygen atoms in total. The number of pyridine rings is 1. The van der Waals surface area contributed by atoms with Crippen LogP contribution in [0.3, 0.4) is 0 Å². The number of aryl methyl sites for hydroxylation is 1. The highest BCUT2D eigenvalue weighted by molar-refractivity contribution is 5.04. The summed E-state index contributed by atoms with van der Waals surface area (Å²) in [6.07, 6.45) is 7.38. The molecular formula is C17H26N2O2. The molecule has 0 saturated carbocycles. The van der Waals surface area contributed by atoms with Crippen LogP contribution >= 0.6 is 0 Å². The molecule has 2 saturated heterocycles. The first-order valence-electron chi connectivity index (χ1n) is 8.10. The van der Waals surface area contributed by atoms with E-state index in [9.17, 15) is 0 Å². The van der Waals surface area contributed by atoms with E-state index in [0.29, 0.717) is 12.0 Å². The fourth-order valence-electron chi connectivity index (χ4n) is 3.74. The third kappa shape index (κ3) is 3.62. The van der Waals surface area contributed by atoms with Gasteiger partial charge in [-0.3, -0.25) is 4.98 Å². The molecule has 0 aromatic carbocycles. The largest absolute Gasteiger partial charge is 0.378 e. The summed E-state index contributed by atoms with van der Waals surface area (Å²) < 4.78 is 11.6. The Kier molecular flexibility index (Phi) is 4.88. The summed E-state index contributed by atoms with van der Waals surface area (Å²) in [4.78, 5) is 4.43. The van der Waals surface area contributed by atoms with Crippen LogP contribution in [0.25, 0.3) is 0 Å². The highest BCUT2D eigenvalue weighted by Gasteiger charge is 2.42. The number of ether oxygens (including phenoxy) is 2. The van der Waals surface area contributed by atoms with Crippen LogP contribution in [-0.2, 0) is 15.9 Å². The minimum absolute atomic E-state index is 0.00299. The van der Waals surface area contributed by atoms with E-state index in [1.54, 1.807) is 0 Å². The Balaban J connectivity index is 1.57. The van der Waals surface area contributed by atoms with Crippen molar-refractivity contribution in [3.8, 4) is 0 Å². The van der Waals surface area contributed by atoms with E-state index in [-0.39, 0.29) is 5.60 Å². The molecule has 116 valence electrons. The third-order valence-electron chi connectivity index (χ3n) is 4.98. The zero-order valence-electron chi connectivity index (χ0n) is 12.9. The highest BCUT2D eigenvalue weighted by Crippen LogP contribution is 2.37. The monoisotopic (exact) mass is 290 g/mol. The molecular weight excluding hydrogens is 264 g/mol. The molecule has 0 aliphatic carbocycles. The molecule has 3 rings (SSSR count). The molecule has 1 aromatic rings. The Morgan fingerprint density at radius 2 is 2.38 bits per heavy atom. The zero-order valence-corrected chi connectivity index (χ0v) is 12.9. The van der Waals surface area contributed by atoms with Crippen LogP contribution in [-0.4, -0.2) is 43.5 Å². The van der Waals surface area contributed by atoms with E-state index < -0.39 is 0 Å². The second-order valence-corrected chi connectivity index (χ2v) is 6.34. The molecule has 3 atom stereocenters. The normalized spacial score (nSPS) is 30.6. The molecule has 4 heteroatoms. The summed E-state index contributed by atoms with van der Waals surface area (Å²) in [5.74, 6) is 0.675. The minimum atomic E-state index is 0.00299. The van der Waals surface area contributed by atoms with Gasteiger partial charge in [0.1, 0.15) is 0 Å². The van der Waals surface area contributed by atoms with Gasteiger partial charge in [-0.05, 0) is 50.8 Å². The maximum absolute atomic E-state index is 6.05. The maximum atomic E-state index is 6.05. The molecule has 0 amide bonds. The Morgan fingerprint density at radius 3 is 3.10 bits per heavy atom. The van der Waals surface area contributed by atoms with Crippen LogP contribution in [0.1, 0.15) is 31.4 Å². The zero-order chi connectivity index (χ0) is 14.5. The van der Waals surface area contributed by atoms with Gasteiger partial charge in [-0.15, -0.1) is 0 Å². The van der Waals surface area contributed by atoms with E-state index in [2.05, 4.69) is 29.5 Å². The van der Waals surface area contributed by atoms with Gasteiger partial charge < -0.3 is 14.8 Å². The Bertz CT molecular complexity index is 432. The quantitative estimate of drug-likeness (QED) is 0.903. The smallest absolute Gasteiger partial charge is 0.0939 e. The van der Waals surface area contributed by atoms with Gasteiger partial charge in [0, 0.05) is 37.6 Å². The number of nitrogens with one attached hydrogen (secondary N) is 1. The van der Waals surface area contributed by atoms with Gasteiger partial charge in [0.15, 0.2) is 0 Å². The van der Waals surface area contributed by atoms with Crippen LogP contribution in [0.15, 0.2) is 24.4 Å². The van der Waals surface area contributed by atoms with Crippen molar-refractivity contribution in [1.29, 1.82) is 0 Å². The molecule has 2 aliphatic heterocycles. The van der Waals surface area contributed by atoms with Crippen LogP contribution in [0.5, 0.6) is 0 Å². The van der Waals surface area contributed by atoms with Gasteiger partial charge in [-0.25, -0.2) is 0 Å². The molecule has 0 radical (unpaired) electrons. The van der Waals surface area contributed by atoms with Gasteiger partial charge in [-0.2, -0.15) is 0 Å². The molecule has 2 fully saturated rings. The Labute approximate surface area is 127 Å². The second-order valence-electron chi connectivity index (χ2n) is 6.34. The average Bonchev–Trinajstić information content (AvgIpc) is 2.97. The number of hydrogen-bond acceptors (Lipinski definition) is 4. The van der Waals surface area contributed by atoms with E-state index in [4.69, 9.17) is 9.47 Å². The summed E-state index contributed by atoms with van der Waals surface area (Å²) in [6, 6.07) is 6.69. The predicted molar refractivity (Wildman–Crippen MR) is 82.2 cm³/mol. The molecule has 1 N–H and O–H groups in total. The molecule has 3 heterocycles. The van der Waals surface area contributed by atoms with Crippen molar-refractivity contribution < 1.29 is 9.47 Å². The molecule has 3 unspecified atom stereocenters. The van der Waals surface area contributed by atoms with Crippen molar-refractivity contribution in [2.75, 3.05) is 26.9 Å². The summed E-state index contributed by atoms with van der Waals surface area (Å²) in [6.45, 7) is 2.50. The first kappa shape index (κ1) is 14.9. The average molecular weight is 290 g/mol. The molecule has 0 bridgehead atoms. The lowest BCUT2D eigenvalue weighted by atomic mass is 9.79. The van der Waals surface area contributed by atoms with Crippen molar-refractivity contribution in [3.63, 3.8) is 0 Å². The summed E-state index contributed by atoms with van der Waals surface area (Å²) in [5, 5.41) is 3.52. The first-order chi connectivity index (χ1) is 10.3. The summed E-state index contributed by atoms with van der Waals surface area (Å²) in [5.41, 5.74) is 1.19. The maximum Gasteiger partial charge on any atom is 0.0939 e. The van der Waals surface area contributed by atoms with E-state index in [1.165, 1.54) is 5.69 Å². The van der Waals surface area contributed by atoms with E-state index in [0.717, 1.165) is 51.9 Å². The summed E-state index contributed by atoms with van der Waals surface area (Å²) in [7, 11) is 2.08. The van der Waals surface area contributed by atoms with Crippen molar-refractivity contribution >= 4 is 0 Å². The van der Waals surface area contributed by atoms with Crippen LogP contribution in [0.2, 0.25) is 0 Å².